The van der Waals surface area contributed by atoms with Crippen molar-refractivity contribution in [1.82, 2.24) is 29.5 Å². The van der Waals surface area contributed by atoms with E-state index in [-0.39, 0.29) is 34.6 Å². The highest BCUT2D eigenvalue weighted by Gasteiger charge is 2.20. The number of carbonyl (C=O) groups is 1. The van der Waals surface area contributed by atoms with E-state index < -0.39 is 5.91 Å². The van der Waals surface area contributed by atoms with Crippen LogP contribution >= 0.6 is 0 Å². The molecule has 0 fully saturated rings. The monoisotopic (exact) mass is 338 g/mol. The van der Waals surface area contributed by atoms with Crippen molar-refractivity contribution in [2.45, 2.75) is 0 Å². The van der Waals surface area contributed by atoms with Gasteiger partial charge in [-0.1, -0.05) is 0 Å². The zero-order valence-corrected chi connectivity index (χ0v) is 12.8. The fraction of sp³-hybridized carbons (Fsp3) is 0.0769. The Morgan fingerprint density at radius 1 is 1.36 bits per heavy atom. The van der Waals surface area contributed by atoms with Crippen LogP contribution in [0, 0.1) is 11.3 Å². The van der Waals surface area contributed by atoms with Gasteiger partial charge in [0.2, 0.25) is 5.88 Å². The second-order valence-corrected chi connectivity index (χ2v) is 4.66. The van der Waals surface area contributed by atoms with Crippen molar-refractivity contribution in [2.24, 2.45) is 23.0 Å². The molecule has 3 aromatic heterocycles. The third-order valence-corrected chi connectivity index (χ3v) is 3.09. The van der Waals surface area contributed by atoms with Crippen LogP contribution in [0.3, 0.4) is 0 Å². The molecule has 0 radical (unpaired) electrons. The molecular formula is C13H10N10O2. The molecule has 0 aromatic carbocycles. The van der Waals surface area contributed by atoms with Gasteiger partial charge in [0.25, 0.3) is 11.9 Å². The molecule has 25 heavy (non-hydrogen) atoms. The summed E-state index contributed by atoms with van der Waals surface area (Å²) in [6.07, 6.45) is 4.16. The van der Waals surface area contributed by atoms with Crippen molar-refractivity contribution in [2.75, 3.05) is 0 Å². The van der Waals surface area contributed by atoms with Crippen molar-refractivity contribution in [1.29, 1.82) is 5.26 Å². The summed E-state index contributed by atoms with van der Waals surface area (Å²) in [7, 11) is 1.44. The largest absolute Gasteiger partial charge is 0.492 e. The predicted molar refractivity (Wildman–Crippen MR) is 81.4 cm³/mol. The first-order chi connectivity index (χ1) is 12.0. The molecule has 1 amide bonds. The zero-order valence-electron chi connectivity index (χ0n) is 12.8. The molecular weight excluding hydrogens is 328 g/mol. The Morgan fingerprint density at radius 2 is 2.08 bits per heavy atom. The SMILES string of the molecule is Cn1nc(C#N)c(N=Nc2c(C(N)=O)cnn2-c2ncccn2)c1O. The smallest absolute Gasteiger partial charge is 0.254 e. The van der Waals surface area contributed by atoms with Crippen LogP contribution in [0.5, 0.6) is 5.88 Å². The van der Waals surface area contributed by atoms with E-state index in [0.717, 1.165) is 9.36 Å². The summed E-state index contributed by atoms with van der Waals surface area (Å²) < 4.78 is 2.22. The molecule has 0 spiro atoms. The second kappa shape index (κ2) is 6.16. The van der Waals surface area contributed by atoms with E-state index in [4.69, 9.17) is 11.0 Å². The van der Waals surface area contributed by atoms with Crippen molar-refractivity contribution >= 4 is 17.4 Å². The summed E-state index contributed by atoms with van der Waals surface area (Å²) >= 11 is 0. The van der Waals surface area contributed by atoms with E-state index in [1.807, 2.05) is 0 Å². The average molecular weight is 338 g/mol. The zero-order chi connectivity index (χ0) is 18.0. The molecule has 12 heteroatoms. The van der Waals surface area contributed by atoms with Crippen LogP contribution in [-0.4, -0.2) is 40.5 Å². The van der Waals surface area contributed by atoms with E-state index >= 15 is 0 Å². The topological polar surface area (TPSA) is 173 Å². The van der Waals surface area contributed by atoms with Crippen LogP contribution in [0.2, 0.25) is 0 Å². The van der Waals surface area contributed by atoms with Gasteiger partial charge < -0.3 is 10.8 Å². The Bertz CT molecular complexity index is 1010. The van der Waals surface area contributed by atoms with Gasteiger partial charge in [-0.3, -0.25) is 4.79 Å². The van der Waals surface area contributed by atoms with E-state index in [9.17, 15) is 9.90 Å². The lowest BCUT2D eigenvalue weighted by atomic mass is 10.3. The number of aromatic nitrogens is 6. The van der Waals surface area contributed by atoms with Crippen molar-refractivity contribution in [3.8, 4) is 17.9 Å². The van der Waals surface area contributed by atoms with Crippen LogP contribution in [0.4, 0.5) is 11.5 Å². The summed E-state index contributed by atoms with van der Waals surface area (Å²) in [5.41, 5.74) is 5.00. The normalized spacial score (nSPS) is 10.9. The second-order valence-electron chi connectivity index (χ2n) is 4.66. The van der Waals surface area contributed by atoms with E-state index in [2.05, 4.69) is 30.4 Å². The number of carbonyl (C=O) groups excluding carboxylic acids is 1. The van der Waals surface area contributed by atoms with Gasteiger partial charge in [-0.05, 0) is 6.07 Å². The lowest BCUT2D eigenvalue weighted by molar-refractivity contribution is 0.100. The minimum atomic E-state index is -0.785. The summed E-state index contributed by atoms with van der Waals surface area (Å²) in [6, 6.07) is 3.39. The van der Waals surface area contributed by atoms with Gasteiger partial charge in [0.15, 0.2) is 17.2 Å². The van der Waals surface area contributed by atoms with Crippen LogP contribution in [0.1, 0.15) is 16.1 Å². The Morgan fingerprint density at radius 3 is 2.72 bits per heavy atom. The molecule has 0 bridgehead atoms. The Labute approximate surface area is 139 Å². The van der Waals surface area contributed by atoms with Gasteiger partial charge in [-0.15, -0.1) is 10.2 Å². The molecule has 12 nitrogen and oxygen atoms in total. The number of hydrogen-bond donors (Lipinski definition) is 2. The quantitative estimate of drug-likeness (QED) is 0.651. The number of primary amides is 1. The van der Waals surface area contributed by atoms with Gasteiger partial charge in [-0.25, -0.2) is 14.6 Å². The standard InChI is InChI=1S/C13H10N10O2/c1-22-12(25)9(8(5-14)21-22)19-20-11-7(10(15)24)6-18-23(11)13-16-3-2-4-17-13/h2-4,6,25H,1H3,(H2,15,24). The van der Waals surface area contributed by atoms with Crippen molar-refractivity contribution in [3.63, 3.8) is 0 Å². The highest BCUT2D eigenvalue weighted by atomic mass is 16.3. The van der Waals surface area contributed by atoms with Gasteiger partial charge >= 0.3 is 0 Å². The fourth-order valence-corrected chi connectivity index (χ4v) is 1.93. The Balaban J connectivity index is 2.13. The van der Waals surface area contributed by atoms with Crippen LogP contribution in [-0.2, 0) is 7.05 Å². The number of nitrogens with two attached hydrogens (primary N) is 1. The first-order valence-corrected chi connectivity index (χ1v) is 6.76. The molecule has 3 rings (SSSR count). The van der Waals surface area contributed by atoms with E-state index in [0.29, 0.717) is 0 Å². The predicted octanol–water partition coefficient (Wildman–Crippen LogP) is 0.487. The van der Waals surface area contributed by atoms with E-state index in [1.54, 1.807) is 12.1 Å². The van der Waals surface area contributed by atoms with Gasteiger partial charge in [0, 0.05) is 19.4 Å². The number of hydrogen-bond acceptors (Lipinski definition) is 9. The minimum absolute atomic E-state index is 0.0295. The molecule has 0 saturated carbocycles. The highest BCUT2D eigenvalue weighted by Crippen LogP contribution is 2.32. The molecule has 0 saturated heterocycles. The third-order valence-electron chi connectivity index (χ3n) is 3.09. The van der Waals surface area contributed by atoms with Crippen LogP contribution in [0.15, 0.2) is 34.9 Å². The number of amides is 1. The summed E-state index contributed by atoms with van der Waals surface area (Å²) in [5.74, 6) is -1.05. The number of aromatic hydroxyl groups is 1. The maximum atomic E-state index is 11.6. The van der Waals surface area contributed by atoms with Gasteiger partial charge in [0.05, 0.1) is 6.20 Å². The summed E-state index contributed by atoms with van der Waals surface area (Å²) in [4.78, 5) is 19.6. The minimum Gasteiger partial charge on any atom is -0.492 e. The maximum absolute atomic E-state index is 11.6. The van der Waals surface area contributed by atoms with Crippen molar-refractivity contribution in [3.05, 3.63) is 35.9 Å². The number of rotatable bonds is 4. The highest BCUT2D eigenvalue weighted by molar-refractivity contribution is 5.97. The lowest BCUT2D eigenvalue weighted by Gasteiger charge is -2.01. The number of nitriles is 1. The molecule has 0 aliphatic rings. The van der Waals surface area contributed by atoms with E-state index in [1.165, 1.54) is 25.6 Å². The van der Waals surface area contributed by atoms with Crippen LogP contribution in [0.25, 0.3) is 5.95 Å². The molecule has 3 N–H and O–H groups in total. The maximum Gasteiger partial charge on any atom is 0.254 e. The fourth-order valence-electron chi connectivity index (χ4n) is 1.93. The molecule has 0 unspecified atom stereocenters. The average Bonchev–Trinajstić information content (AvgIpc) is 3.16. The third kappa shape index (κ3) is 2.77. The Hall–Kier alpha value is -4.14. The molecule has 0 atom stereocenters. The van der Waals surface area contributed by atoms with Crippen LogP contribution < -0.4 is 5.73 Å². The van der Waals surface area contributed by atoms with Gasteiger partial charge in [0.1, 0.15) is 11.6 Å². The molecule has 3 aromatic rings. The Kier molecular flexibility index (Phi) is 3.88. The molecule has 0 aliphatic carbocycles. The number of azo groups is 1. The first-order valence-electron chi connectivity index (χ1n) is 6.76. The van der Waals surface area contributed by atoms with Gasteiger partial charge in [-0.2, -0.15) is 20.1 Å². The molecule has 0 aliphatic heterocycles. The molecule has 3 heterocycles. The number of aryl methyl sites for hydroxylation is 1. The summed E-state index contributed by atoms with van der Waals surface area (Å²) in [5, 5.41) is 34.4. The summed E-state index contributed by atoms with van der Waals surface area (Å²) in [6.45, 7) is 0. The first kappa shape index (κ1) is 15.7. The lowest BCUT2D eigenvalue weighted by Crippen LogP contribution is -2.10. The number of nitrogens with zero attached hydrogens (tertiary/aromatic N) is 9. The molecule has 124 valence electrons. The van der Waals surface area contributed by atoms with Crippen molar-refractivity contribution < 1.29 is 9.90 Å².